The Hall–Kier alpha value is -2.41. The van der Waals surface area contributed by atoms with E-state index in [0.29, 0.717) is 6.07 Å². The molecule has 1 N–H and O–H groups in total. The van der Waals surface area contributed by atoms with Crippen molar-refractivity contribution in [1.82, 2.24) is 5.32 Å². The molecular weight excluding hydrogens is 359 g/mol. The SMILES string of the molecule is CC(COc1ccc(F)cc1F)NC(=O)COc1ccc(F)c(Cl)c1. The first-order valence-corrected chi connectivity index (χ1v) is 7.68. The van der Waals surface area contributed by atoms with Crippen LogP contribution in [-0.4, -0.2) is 25.2 Å². The Bertz CT molecular complexity index is 758. The van der Waals surface area contributed by atoms with E-state index in [2.05, 4.69) is 5.32 Å². The quantitative estimate of drug-likeness (QED) is 0.804. The molecule has 25 heavy (non-hydrogen) atoms. The van der Waals surface area contributed by atoms with E-state index in [0.717, 1.165) is 12.1 Å². The zero-order chi connectivity index (χ0) is 18.4. The third-order valence-corrected chi connectivity index (χ3v) is 3.34. The lowest BCUT2D eigenvalue weighted by molar-refractivity contribution is -0.123. The second kappa shape index (κ2) is 8.62. The van der Waals surface area contributed by atoms with Crippen molar-refractivity contribution in [1.29, 1.82) is 0 Å². The van der Waals surface area contributed by atoms with Gasteiger partial charge in [0.05, 0.1) is 11.1 Å². The Labute approximate surface area is 147 Å². The highest BCUT2D eigenvalue weighted by Gasteiger charge is 2.11. The van der Waals surface area contributed by atoms with Crippen LogP contribution in [0.1, 0.15) is 6.92 Å². The molecule has 8 heteroatoms. The average Bonchev–Trinajstić information content (AvgIpc) is 2.55. The van der Waals surface area contributed by atoms with Gasteiger partial charge in [-0.2, -0.15) is 0 Å². The molecule has 0 aliphatic carbocycles. The topological polar surface area (TPSA) is 47.6 Å². The molecule has 134 valence electrons. The van der Waals surface area contributed by atoms with Crippen molar-refractivity contribution in [3.63, 3.8) is 0 Å². The molecule has 0 aliphatic heterocycles. The highest BCUT2D eigenvalue weighted by Crippen LogP contribution is 2.21. The van der Waals surface area contributed by atoms with Gasteiger partial charge >= 0.3 is 0 Å². The molecule has 0 saturated heterocycles. The normalized spacial score (nSPS) is 11.7. The van der Waals surface area contributed by atoms with Gasteiger partial charge in [-0.15, -0.1) is 0 Å². The summed E-state index contributed by atoms with van der Waals surface area (Å²) in [6, 6.07) is 6.23. The van der Waals surface area contributed by atoms with E-state index < -0.39 is 29.4 Å². The molecule has 0 aromatic heterocycles. The number of carbonyl (C=O) groups excluding carboxylic acids is 1. The van der Waals surface area contributed by atoms with Gasteiger partial charge in [-0.1, -0.05) is 11.6 Å². The summed E-state index contributed by atoms with van der Waals surface area (Å²) < 4.78 is 49.6. The molecule has 1 atom stereocenters. The average molecular weight is 374 g/mol. The Morgan fingerprint density at radius 1 is 1.12 bits per heavy atom. The van der Waals surface area contributed by atoms with Crippen molar-refractivity contribution in [3.05, 3.63) is 58.9 Å². The molecule has 0 spiro atoms. The molecule has 2 aromatic rings. The van der Waals surface area contributed by atoms with Crippen molar-refractivity contribution in [2.45, 2.75) is 13.0 Å². The largest absolute Gasteiger partial charge is 0.488 e. The van der Waals surface area contributed by atoms with Crippen LogP contribution in [0.3, 0.4) is 0 Å². The molecule has 0 aliphatic rings. The van der Waals surface area contributed by atoms with Crippen molar-refractivity contribution in [3.8, 4) is 11.5 Å². The van der Waals surface area contributed by atoms with E-state index in [1.54, 1.807) is 6.92 Å². The first-order chi connectivity index (χ1) is 11.8. The highest BCUT2D eigenvalue weighted by atomic mass is 35.5. The summed E-state index contributed by atoms with van der Waals surface area (Å²) >= 11 is 5.61. The van der Waals surface area contributed by atoms with Gasteiger partial charge in [0.1, 0.15) is 24.0 Å². The van der Waals surface area contributed by atoms with Crippen LogP contribution in [0.15, 0.2) is 36.4 Å². The molecule has 0 fully saturated rings. The van der Waals surface area contributed by atoms with Crippen molar-refractivity contribution >= 4 is 17.5 Å². The Morgan fingerprint density at radius 3 is 2.56 bits per heavy atom. The molecule has 1 unspecified atom stereocenters. The van der Waals surface area contributed by atoms with Gasteiger partial charge in [0.25, 0.3) is 5.91 Å². The third-order valence-electron chi connectivity index (χ3n) is 3.05. The van der Waals surface area contributed by atoms with Gasteiger partial charge < -0.3 is 14.8 Å². The van der Waals surface area contributed by atoms with Gasteiger partial charge in [0.15, 0.2) is 18.2 Å². The van der Waals surface area contributed by atoms with Crippen molar-refractivity contribution in [2.24, 2.45) is 0 Å². The summed E-state index contributed by atoms with van der Waals surface area (Å²) in [5, 5.41) is 2.47. The summed E-state index contributed by atoms with van der Waals surface area (Å²) in [6.07, 6.45) is 0. The van der Waals surface area contributed by atoms with E-state index in [-0.39, 0.29) is 29.7 Å². The maximum Gasteiger partial charge on any atom is 0.258 e. The lowest BCUT2D eigenvalue weighted by atomic mass is 10.3. The molecule has 0 saturated carbocycles. The number of ether oxygens (including phenoxy) is 2. The summed E-state index contributed by atoms with van der Waals surface area (Å²) in [4.78, 5) is 11.8. The zero-order valence-corrected chi connectivity index (χ0v) is 13.9. The van der Waals surface area contributed by atoms with E-state index in [4.69, 9.17) is 21.1 Å². The fourth-order valence-corrected chi connectivity index (χ4v) is 2.05. The maximum absolute atomic E-state index is 13.4. The van der Waals surface area contributed by atoms with E-state index in [9.17, 15) is 18.0 Å². The van der Waals surface area contributed by atoms with Gasteiger partial charge in [-0.3, -0.25) is 4.79 Å². The minimum absolute atomic E-state index is 0.0172. The second-order valence-corrected chi connectivity index (χ2v) is 5.63. The van der Waals surface area contributed by atoms with Crippen LogP contribution < -0.4 is 14.8 Å². The Morgan fingerprint density at radius 2 is 1.88 bits per heavy atom. The van der Waals surface area contributed by atoms with E-state index >= 15 is 0 Å². The van der Waals surface area contributed by atoms with Crippen LogP contribution in [0.4, 0.5) is 13.2 Å². The van der Waals surface area contributed by atoms with Crippen LogP contribution in [0.5, 0.6) is 11.5 Å². The second-order valence-electron chi connectivity index (χ2n) is 5.22. The zero-order valence-electron chi connectivity index (χ0n) is 13.2. The van der Waals surface area contributed by atoms with Gasteiger partial charge in [0.2, 0.25) is 0 Å². The molecule has 4 nitrogen and oxygen atoms in total. The van der Waals surface area contributed by atoms with Gasteiger partial charge in [-0.25, -0.2) is 13.2 Å². The molecule has 0 radical (unpaired) electrons. The molecular formula is C17H15ClF3NO3. The number of halogens is 4. The van der Waals surface area contributed by atoms with Gasteiger partial charge in [-0.05, 0) is 31.2 Å². The monoisotopic (exact) mass is 373 g/mol. The molecule has 0 bridgehead atoms. The molecule has 2 rings (SSSR count). The van der Waals surface area contributed by atoms with Crippen LogP contribution in [0.2, 0.25) is 5.02 Å². The Kier molecular flexibility index (Phi) is 6.52. The minimum Gasteiger partial charge on any atom is -0.488 e. The van der Waals surface area contributed by atoms with E-state index in [1.807, 2.05) is 0 Å². The number of amides is 1. The fraction of sp³-hybridized carbons (Fsp3) is 0.235. The minimum atomic E-state index is -0.824. The lowest BCUT2D eigenvalue weighted by Gasteiger charge is -2.15. The predicted molar refractivity (Wildman–Crippen MR) is 86.4 cm³/mol. The number of rotatable bonds is 7. The number of carbonyl (C=O) groups is 1. The summed E-state index contributed by atoms with van der Waals surface area (Å²) in [5.41, 5.74) is 0. The summed E-state index contributed by atoms with van der Waals surface area (Å²) in [5.74, 6) is -2.42. The van der Waals surface area contributed by atoms with Crippen molar-refractivity contribution < 1.29 is 27.4 Å². The van der Waals surface area contributed by atoms with Crippen LogP contribution in [0.25, 0.3) is 0 Å². The summed E-state index contributed by atoms with van der Waals surface area (Å²) in [7, 11) is 0. The van der Waals surface area contributed by atoms with Crippen LogP contribution >= 0.6 is 11.6 Å². The van der Waals surface area contributed by atoms with Crippen LogP contribution in [-0.2, 0) is 4.79 Å². The first-order valence-electron chi connectivity index (χ1n) is 7.30. The maximum atomic E-state index is 13.4. The lowest BCUT2D eigenvalue weighted by Crippen LogP contribution is -2.39. The molecule has 1 amide bonds. The van der Waals surface area contributed by atoms with E-state index in [1.165, 1.54) is 18.2 Å². The fourth-order valence-electron chi connectivity index (χ4n) is 1.88. The van der Waals surface area contributed by atoms with Crippen molar-refractivity contribution in [2.75, 3.05) is 13.2 Å². The number of nitrogens with one attached hydrogen (secondary N) is 1. The number of hydrogen-bond acceptors (Lipinski definition) is 3. The third kappa shape index (κ3) is 5.86. The number of hydrogen-bond donors (Lipinski definition) is 1. The van der Waals surface area contributed by atoms with Gasteiger partial charge in [0, 0.05) is 12.1 Å². The summed E-state index contributed by atoms with van der Waals surface area (Å²) in [6.45, 7) is 1.32. The first kappa shape index (κ1) is 18.9. The standard InChI is InChI=1S/C17H15ClF3NO3/c1-10(8-25-16-5-2-11(19)6-15(16)21)22-17(23)9-24-12-3-4-14(20)13(18)7-12/h2-7,10H,8-9H2,1H3,(H,22,23). The number of benzene rings is 2. The smallest absolute Gasteiger partial charge is 0.258 e. The molecule has 2 aromatic carbocycles. The predicted octanol–water partition coefficient (Wildman–Crippen LogP) is 3.72. The molecule has 0 heterocycles. The Balaban J connectivity index is 1.76. The highest BCUT2D eigenvalue weighted by molar-refractivity contribution is 6.30. The van der Waals surface area contributed by atoms with Crippen LogP contribution in [0, 0.1) is 17.5 Å².